The van der Waals surface area contributed by atoms with E-state index in [-0.39, 0.29) is 5.82 Å². The molecule has 0 saturated carbocycles. The van der Waals surface area contributed by atoms with E-state index in [0.29, 0.717) is 54.6 Å². The van der Waals surface area contributed by atoms with Crippen LogP contribution in [0.2, 0.25) is 0 Å². The zero-order valence-corrected chi connectivity index (χ0v) is 16.6. The predicted molar refractivity (Wildman–Crippen MR) is 117 cm³/mol. The molecule has 0 spiro atoms. The first-order valence-electron chi connectivity index (χ1n) is 10.2. The van der Waals surface area contributed by atoms with Crippen molar-refractivity contribution < 1.29 is 14.3 Å². The lowest BCUT2D eigenvalue weighted by Crippen LogP contribution is -2.36. The minimum Gasteiger partial charge on any atom is -0.410 e. The Labute approximate surface area is 177 Å². The van der Waals surface area contributed by atoms with E-state index in [1.165, 1.54) is 6.07 Å². The summed E-state index contributed by atoms with van der Waals surface area (Å²) < 4.78 is 20.2. The molecule has 4 aromatic rings. The maximum absolute atomic E-state index is 14.9. The number of anilines is 1. The van der Waals surface area contributed by atoms with Crippen molar-refractivity contribution in [2.24, 2.45) is 5.16 Å². The van der Waals surface area contributed by atoms with Gasteiger partial charge in [-0.1, -0.05) is 47.6 Å². The van der Waals surface area contributed by atoms with Crippen molar-refractivity contribution in [2.45, 2.75) is 0 Å². The maximum Gasteiger partial charge on any atom is 0.148 e. The number of imidazole rings is 1. The highest BCUT2D eigenvalue weighted by Gasteiger charge is 2.28. The summed E-state index contributed by atoms with van der Waals surface area (Å²) in [6.07, 6.45) is 0. The Morgan fingerprint density at radius 3 is 2.52 bits per heavy atom. The number of nitrogens with zero attached hydrogens (tertiary/aromatic N) is 3. The Balaban J connectivity index is 1.51. The number of halogens is 1. The fourth-order valence-electron chi connectivity index (χ4n) is 4.59. The quantitative estimate of drug-likeness (QED) is 0.331. The summed E-state index contributed by atoms with van der Waals surface area (Å²) in [5, 5.41) is 13.2. The zero-order chi connectivity index (χ0) is 20.9. The molecular formula is C24H19FN4O2. The fourth-order valence-corrected chi connectivity index (χ4v) is 4.59. The van der Waals surface area contributed by atoms with Gasteiger partial charge in [0.05, 0.1) is 29.9 Å². The number of aromatic nitrogens is 2. The van der Waals surface area contributed by atoms with Gasteiger partial charge in [0.2, 0.25) is 0 Å². The van der Waals surface area contributed by atoms with Gasteiger partial charge in [0.1, 0.15) is 17.4 Å². The second-order valence-corrected chi connectivity index (χ2v) is 7.73. The first-order valence-corrected chi connectivity index (χ1v) is 10.2. The number of hydrogen-bond donors (Lipinski definition) is 2. The molecule has 0 unspecified atom stereocenters. The monoisotopic (exact) mass is 414 g/mol. The van der Waals surface area contributed by atoms with Gasteiger partial charge < -0.3 is 19.8 Å². The van der Waals surface area contributed by atoms with E-state index >= 15 is 0 Å². The van der Waals surface area contributed by atoms with E-state index in [2.05, 4.69) is 10.1 Å². The number of hydrogen-bond acceptors (Lipinski definition) is 5. The molecule has 0 bridgehead atoms. The van der Waals surface area contributed by atoms with Crippen LogP contribution in [0.4, 0.5) is 10.1 Å². The average Bonchev–Trinajstić information content (AvgIpc) is 3.37. The number of oxime groups is 1. The first-order chi connectivity index (χ1) is 15.2. The normalized spacial score (nSPS) is 16.7. The summed E-state index contributed by atoms with van der Waals surface area (Å²) in [5.74, 6) is 0.377. The number of H-pyrrole nitrogens is 1. The van der Waals surface area contributed by atoms with Crippen LogP contribution in [0.15, 0.2) is 59.8 Å². The van der Waals surface area contributed by atoms with Gasteiger partial charge >= 0.3 is 0 Å². The molecule has 154 valence electrons. The summed E-state index contributed by atoms with van der Waals surface area (Å²) in [4.78, 5) is 10.1. The first kappa shape index (κ1) is 18.1. The molecule has 1 fully saturated rings. The van der Waals surface area contributed by atoms with Crippen LogP contribution in [0.25, 0.3) is 33.5 Å². The van der Waals surface area contributed by atoms with Crippen LogP contribution in [0.1, 0.15) is 11.1 Å². The largest absolute Gasteiger partial charge is 0.410 e. The molecule has 1 aliphatic carbocycles. The Bertz CT molecular complexity index is 1360. The van der Waals surface area contributed by atoms with Gasteiger partial charge in [-0.2, -0.15) is 0 Å². The van der Waals surface area contributed by atoms with Gasteiger partial charge in [-0.3, -0.25) is 0 Å². The van der Waals surface area contributed by atoms with Gasteiger partial charge in [0.15, 0.2) is 0 Å². The maximum atomic E-state index is 14.9. The number of rotatable bonds is 2. The van der Waals surface area contributed by atoms with Gasteiger partial charge in [0, 0.05) is 41.4 Å². The van der Waals surface area contributed by atoms with E-state index in [1.54, 1.807) is 6.07 Å². The molecule has 1 saturated heterocycles. The SMILES string of the molecule is ON=C1c2ccccc2-c2c1cccc2-c1nc2cc(N3CCOCC3)c(F)cc2[nH]1. The summed E-state index contributed by atoms with van der Waals surface area (Å²) in [7, 11) is 0. The van der Waals surface area contributed by atoms with Gasteiger partial charge in [-0.15, -0.1) is 0 Å². The van der Waals surface area contributed by atoms with Crippen molar-refractivity contribution in [1.29, 1.82) is 0 Å². The van der Waals surface area contributed by atoms with Crippen molar-refractivity contribution in [3.63, 3.8) is 0 Å². The van der Waals surface area contributed by atoms with E-state index in [0.717, 1.165) is 27.8 Å². The highest BCUT2D eigenvalue weighted by Crippen LogP contribution is 2.43. The van der Waals surface area contributed by atoms with Gasteiger partial charge in [-0.25, -0.2) is 9.37 Å². The molecule has 7 heteroatoms. The lowest BCUT2D eigenvalue weighted by Gasteiger charge is -2.29. The van der Waals surface area contributed by atoms with E-state index < -0.39 is 0 Å². The van der Waals surface area contributed by atoms with Gasteiger partial charge in [-0.05, 0) is 11.6 Å². The van der Waals surface area contributed by atoms with Crippen LogP contribution >= 0.6 is 0 Å². The van der Waals surface area contributed by atoms with E-state index in [4.69, 9.17) is 9.72 Å². The number of ether oxygens (including phenoxy) is 1. The van der Waals surface area contributed by atoms with Crippen LogP contribution in [-0.4, -0.2) is 47.2 Å². The minimum atomic E-state index is -0.275. The third kappa shape index (κ3) is 2.74. The molecule has 2 aliphatic rings. The molecule has 0 amide bonds. The number of aromatic amines is 1. The van der Waals surface area contributed by atoms with Crippen LogP contribution in [0.5, 0.6) is 0 Å². The third-order valence-electron chi connectivity index (χ3n) is 6.03. The molecule has 1 aromatic heterocycles. The second-order valence-electron chi connectivity index (χ2n) is 7.73. The molecule has 0 atom stereocenters. The van der Waals surface area contributed by atoms with E-state index in [9.17, 15) is 9.60 Å². The van der Waals surface area contributed by atoms with Crippen molar-refractivity contribution in [3.8, 4) is 22.5 Å². The highest BCUT2D eigenvalue weighted by atomic mass is 19.1. The number of nitrogens with one attached hydrogen (secondary N) is 1. The molecule has 2 N–H and O–H groups in total. The van der Waals surface area contributed by atoms with Gasteiger partial charge in [0.25, 0.3) is 0 Å². The molecule has 2 heterocycles. The number of fused-ring (bicyclic) bond motifs is 4. The number of morpholine rings is 1. The van der Waals surface area contributed by atoms with Crippen molar-refractivity contribution in [3.05, 3.63) is 71.5 Å². The summed E-state index contributed by atoms with van der Waals surface area (Å²) in [5.41, 5.74) is 7.00. The molecule has 6 nitrogen and oxygen atoms in total. The van der Waals surface area contributed by atoms with Crippen LogP contribution in [0, 0.1) is 5.82 Å². The van der Waals surface area contributed by atoms with Crippen molar-refractivity contribution >= 4 is 22.4 Å². The summed E-state index contributed by atoms with van der Waals surface area (Å²) >= 11 is 0. The molecule has 6 rings (SSSR count). The Kier molecular flexibility index (Phi) is 4.04. The third-order valence-corrected chi connectivity index (χ3v) is 6.03. The van der Waals surface area contributed by atoms with Crippen molar-refractivity contribution in [2.75, 3.05) is 31.2 Å². The smallest absolute Gasteiger partial charge is 0.148 e. The Hall–Kier alpha value is -3.71. The summed E-state index contributed by atoms with van der Waals surface area (Å²) in [6, 6.07) is 17.0. The van der Waals surface area contributed by atoms with Crippen molar-refractivity contribution in [1.82, 2.24) is 9.97 Å². The van der Waals surface area contributed by atoms with Crippen LogP contribution < -0.4 is 4.90 Å². The molecule has 1 aliphatic heterocycles. The van der Waals surface area contributed by atoms with Crippen LogP contribution in [-0.2, 0) is 4.74 Å². The molecular weight excluding hydrogens is 395 g/mol. The highest BCUT2D eigenvalue weighted by molar-refractivity contribution is 6.26. The Morgan fingerprint density at radius 1 is 0.968 bits per heavy atom. The van der Waals surface area contributed by atoms with E-state index in [1.807, 2.05) is 47.4 Å². The lowest BCUT2D eigenvalue weighted by atomic mass is 9.99. The number of benzene rings is 3. The minimum absolute atomic E-state index is 0.275. The fraction of sp³-hybridized carbons (Fsp3) is 0.167. The zero-order valence-electron chi connectivity index (χ0n) is 16.6. The lowest BCUT2D eigenvalue weighted by molar-refractivity contribution is 0.122. The predicted octanol–water partition coefficient (Wildman–Crippen LogP) is 4.41. The molecule has 3 aromatic carbocycles. The Morgan fingerprint density at radius 2 is 1.71 bits per heavy atom. The summed E-state index contributed by atoms with van der Waals surface area (Å²) in [6.45, 7) is 2.50. The average molecular weight is 414 g/mol. The second kappa shape index (κ2) is 6.92. The molecule has 0 radical (unpaired) electrons. The molecule has 31 heavy (non-hydrogen) atoms. The topological polar surface area (TPSA) is 73.7 Å². The van der Waals surface area contributed by atoms with Crippen LogP contribution in [0.3, 0.4) is 0 Å². The standard InChI is InChI=1S/C24H19FN4O2/c25-18-12-19-20(13-21(18)29-8-10-31-11-9-29)27-24(26-19)17-7-3-6-16-22(17)14-4-1-2-5-15(14)23(16)28-30/h1-7,12-13,30H,8-11H2,(H,26,27).